The second-order valence-electron chi connectivity index (χ2n) is 7.01. The highest BCUT2D eigenvalue weighted by molar-refractivity contribution is 7.99. The predicted octanol–water partition coefficient (Wildman–Crippen LogP) is 3.97. The van der Waals surface area contributed by atoms with Crippen LogP contribution < -0.4 is 10.1 Å². The van der Waals surface area contributed by atoms with E-state index in [1.165, 1.54) is 11.8 Å². The summed E-state index contributed by atoms with van der Waals surface area (Å²) in [6, 6.07) is 18.0. The molecule has 1 N–H and O–H groups in total. The van der Waals surface area contributed by atoms with Crippen molar-refractivity contribution < 1.29 is 19.1 Å². The fourth-order valence-electron chi connectivity index (χ4n) is 3.24. The third-order valence-electron chi connectivity index (χ3n) is 4.81. The largest absolute Gasteiger partial charge is 0.497 e. The highest BCUT2D eigenvalue weighted by Gasteiger charge is 2.18. The lowest BCUT2D eigenvalue weighted by Crippen LogP contribution is -2.18. The van der Waals surface area contributed by atoms with E-state index in [1.807, 2.05) is 58.1 Å². The molecule has 0 aliphatic carbocycles. The number of aromatic nitrogens is 4. The smallest absolute Gasteiger partial charge is 0.340 e. The topological polar surface area (TPSA) is 100 Å². The van der Waals surface area contributed by atoms with Crippen LogP contribution in [0.3, 0.4) is 0 Å². The van der Waals surface area contributed by atoms with Gasteiger partial charge in [0.2, 0.25) is 11.1 Å². The van der Waals surface area contributed by atoms with Crippen molar-refractivity contribution in [1.82, 2.24) is 19.5 Å². The maximum absolute atomic E-state index is 12.7. The van der Waals surface area contributed by atoms with Crippen LogP contribution >= 0.6 is 11.8 Å². The van der Waals surface area contributed by atoms with E-state index in [0.29, 0.717) is 22.2 Å². The molecular weight excluding hydrogens is 454 g/mol. The number of para-hydroxylation sites is 1. The Morgan fingerprint density at radius 1 is 1.00 bits per heavy atom. The molecule has 2 aromatic carbocycles. The summed E-state index contributed by atoms with van der Waals surface area (Å²) >= 11 is 1.24. The van der Waals surface area contributed by atoms with E-state index in [2.05, 4.69) is 15.5 Å². The van der Waals surface area contributed by atoms with Gasteiger partial charge < -0.3 is 14.8 Å². The molecule has 2 heterocycles. The van der Waals surface area contributed by atoms with E-state index in [0.717, 1.165) is 11.3 Å². The van der Waals surface area contributed by atoms with E-state index in [4.69, 9.17) is 9.47 Å². The fraction of sp³-hybridized carbons (Fsp3) is 0.167. The number of ether oxygens (including phenoxy) is 2. The molecule has 0 atom stereocenters. The van der Waals surface area contributed by atoms with Gasteiger partial charge in [0, 0.05) is 18.0 Å². The first-order valence-electron chi connectivity index (χ1n) is 10.5. The van der Waals surface area contributed by atoms with Gasteiger partial charge >= 0.3 is 5.97 Å². The van der Waals surface area contributed by atoms with Gasteiger partial charge in [0.25, 0.3) is 0 Å². The first kappa shape index (κ1) is 23.1. The van der Waals surface area contributed by atoms with Gasteiger partial charge in [0.05, 0.1) is 30.7 Å². The molecule has 0 saturated heterocycles. The Labute approximate surface area is 200 Å². The summed E-state index contributed by atoms with van der Waals surface area (Å²) in [7, 11) is 1.61. The number of carbonyl (C=O) groups is 2. The van der Waals surface area contributed by atoms with E-state index in [1.54, 1.807) is 38.3 Å². The van der Waals surface area contributed by atoms with E-state index < -0.39 is 5.97 Å². The van der Waals surface area contributed by atoms with Crippen molar-refractivity contribution in [3.05, 3.63) is 78.6 Å². The molecule has 0 saturated carbocycles. The molecular formula is C24H23N5O4S. The molecule has 0 spiro atoms. The number of thioether (sulfide) groups is 1. The Morgan fingerprint density at radius 2 is 1.74 bits per heavy atom. The minimum Gasteiger partial charge on any atom is -0.497 e. The predicted molar refractivity (Wildman–Crippen MR) is 129 cm³/mol. The lowest BCUT2D eigenvalue weighted by molar-refractivity contribution is -0.113. The van der Waals surface area contributed by atoms with Gasteiger partial charge in [-0.3, -0.25) is 9.47 Å². The van der Waals surface area contributed by atoms with Crippen LogP contribution in [0, 0.1) is 0 Å². The van der Waals surface area contributed by atoms with Crippen molar-refractivity contribution in [2.45, 2.75) is 12.1 Å². The number of esters is 1. The van der Waals surface area contributed by atoms with Crippen molar-refractivity contribution in [3.8, 4) is 17.1 Å². The standard InChI is InChI=1S/C24H23N5O4S/c1-3-33-23(31)19-8-4-5-9-20(19)25-21(30)16-34-24-27-26-22(29(24)28-14-6-7-15-28)17-10-12-18(32-2)13-11-17/h4-15H,3,16H2,1-2H3,(H,25,30). The average Bonchev–Trinajstić information content (AvgIpc) is 3.53. The second kappa shape index (κ2) is 10.7. The summed E-state index contributed by atoms with van der Waals surface area (Å²) in [5, 5.41) is 12.0. The SMILES string of the molecule is CCOC(=O)c1ccccc1NC(=O)CSc1nnc(-c2ccc(OC)cc2)n1-n1cccc1. The Bertz CT molecular complexity index is 1270. The summed E-state index contributed by atoms with van der Waals surface area (Å²) in [5.74, 6) is 0.663. The number of anilines is 1. The normalized spacial score (nSPS) is 10.6. The first-order chi connectivity index (χ1) is 16.6. The number of hydrogen-bond acceptors (Lipinski definition) is 7. The van der Waals surface area contributed by atoms with E-state index in [9.17, 15) is 9.59 Å². The summed E-state index contributed by atoms with van der Waals surface area (Å²) in [4.78, 5) is 24.9. The van der Waals surface area contributed by atoms with Gasteiger partial charge in [0.1, 0.15) is 5.75 Å². The molecule has 34 heavy (non-hydrogen) atoms. The van der Waals surface area contributed by atoms with Crippen LogP contribution in [0.15, 0.2) is 78.2 Å². The molecule has 10 heteroatoms. The molecule has 4 aromatic rings. The first-order valence-corrected chi connectivity index (χ1v) is 11.5. The van der Waals surface area contributed by atoms with Crippen LogP contribution in [0.25, 0.3) is 11.4 Å². The second-order valence-corrected chi connectivity index (χ2v) is 7.95. The van der Waals surface area contributed by atoms with Gasteiger partial charge in [-0.25, -0.2) is 9.47 Å². The Kier molecular flexibility index (Phi) is 7.28. The lowest BCUT2D eigenvalue weighted by Gasteiger charge is -2.12. The molecule has 0 unspecified atom stereocenters. The molecule has 0 aliphatic rings. The number of carbonyl (C=O) groups excluding carboxylic acids is 2. The third kappa shape index (κ3) is 5.12. The molecule has 0 radical (unpaired) electrons. The minimum absolute atomic E-state index is 0.0686. The van der Waals surface area contributed by atoms with Crippen LogP contribution in [0.5, 0.6) is 5.75 Å². The van der Waals surface area contributed by atoms with Crippen molar-refractivity contribution in [2.75, 3.05) is 24.8 Å². The van der Waals surface area contributed by atoms with E-state index in [-0.39, 0.29) is 18.3 Å². The zero-order valence-corrected chi connectivity index (χ0v) is 19.5. The summed E-state index contributed by atoms with van der Waals surface area (Å²) < 4.78 is 14.0. The third-order valence-corrected chi connectivity index (χ3v) is 5.73. The number of nitrogens with one attached hydrogen (secondary N) is 1. The minimum atomic E-state index is -0.484. The van der Waals surface area contributed by atoms with E-state index >= 15 is 0 Å². The van der Waals surface area contributed by atoms with Gasteiger partial charge in [-0.1, -0.05) is 23.9 Å². The van der Waals surface area contributed by atoms with Crippen molar-refractivity contribution >= 4 is 29.3 Å². The fourth-order valence-corrected chi connectivity index (χ4v) is 3.97. The number of amides is 1. The van der Waals surface area contributed by atoms with Crippen LogP contribution in [-0.4, -0.2) is 50.9 Å². The molecule has 0 aliphatic heterocycles. The highest BCUT2D eigenvalue weighted by atomic mass is 32.2. The zero-order chi connectivity index (χ0) is 23.9. The summed E-state index contributed by atoms with van der Waals surface area (Å²) in [5.41, 5.74) is 1.55. The monoisotopic (exact) mass is 477 g/mol. The van der Waals surface area contributed by atoms with Gasteiger partial charge in [-0.15, -0.1) is 10.2 Å². The Balaban J connectivity index is 1.53. The van der Waals surface area contributed by atoms with Crippen LogP contribution in [0.4, 0.5) is 5.69 Å². The molecule has 2 aromatic heterocycles. The molecule has 174 valence electrons. The quantitative estimate of drug-likeness (QED) is 0.288. The zero-order valence-electron chi connectivity index (χ0n) is 18.7. The van der Waals surface area contributed by atoms with Gasteiger partial charge in [0.15, 0.2) is 5.82 Å². The number of rotatable bonds is 9. The molecule has 4 rings (SSSR count). The maximum Gasteiger partial charge on any atom is 0.340 e. The van der Waals surface area contributed by atoms with Crippen LogP contribution in [-0.2, 0) is 9.53 Å². The number of nitrogens with zero attached hydrogens (tertiary/aromatic N) is 4. The molecule has 0 fully saturated rings. The van der Waals surface area contributed by atoms with Crippen molar-refractivity contribution in [3.63, 3.8) is 0 Å². The maximum atomic E-state index is 12.7. The van der Waals surface area contributed by atoms with Gasteiger partial charge in [-0.05, 0) is 55.5 Å². The number of methoxy groups -OCH3 is 1. The lowest BCUT2D eigenvalue weighted by atomic mass is 10.2. The number of benzene rings is 2. The molecule has 1 amide bonds. The van der Waals surface area contributed by atoms with Crippen molar-refractivity contribution in [2.24, 2.45) is 0 Å². The highest BCUT2D eigenvalue weighted by Crippen LogP contribution is 2.26. The van der Waals surface area contributed by atoms with Gasteiger partial charge in [-0.2, -0.15) is 0 Å². The average molecular weight is 478 g/mol. The van der Waals surface area contributed by atoms with Crippen LogP contribution in [0.2, 0.25) is 0 Å². The summed E-state index contributed by atoms with van der Waals surface area (Å²) in [6.07, 6.45) is 3.74. The Hall–Kier alpha value is -4.05. The summed E-state index contributed by atoms with van der Waals surface area (Å²) in [6.45, 7) is 1.99. The molecule has 9 nitrogen and oxygen atoms in total. The molecule has 0 bridgehead atoms. The van der Waals surface area contributed by atoms with Crippen LogP contribution in [0.1, 0.15) is 17.3 Å². The Morgan fingerprint density at radius 3 is 2.44 bits per heavy atom. The number of hydrogen-bond donors (Lipinski definition) is 1. The van der Waals surface area contributed by atoms with Crippen molar-refractivity contribution in [1.29, 1.82) is 0 Å².